The predicted molar refractivity (Wildman–Crippen MR) is 64.2 cm³/mol. The SMILES string of the molecule is COc1ccc(C(=O)/N=C/N(C)C)c(C)c1. The molecule has 0 saturated heterocycles. The zero-order valence-electron chi connectivity index (χ0n) is 10.0. The van der Waals surface area contributed by atoms with Crippen molar-refractivity contribution in [3.8, 4) is 5.75 Å². The summed E-state index contributed by atoms with van der Waals surface area (Å²) >= 11 is 0. The van der Waals surface area contributed by atoms with E-state index in [4.69, 9.17) is 4.74 Å². The molecule has 0 aliphatic carbocycles. The maximum Gasteiger partial charge on any atom is 0.278 e. The molecule has 1 rings (SSSR count). The van der Waals surface area contributed by atoms with E-state index >= 15 is 0 Å². The number of carbonyl (C=O) groups is 1. The Morgan fingerprint density at radius 3 is 2.62 bits per heavy atom. The molecule has 0 atom stereocenters. The molecule has 0 unspecified atom stereocenters. The normalized spacial score (nSPS) is 10.5. The van der Waals surface area contributed by atoms with E-state index in [1.54, 1.807) is 24.1 Å². The zero-order chi connectivity index (χ0) is 12.1. The first-order valence-electron chi connectivity index (χ1n) is 4.94. The van der Waals surface area contributed by atoms with Gasteiger partial charge in [0.15, 0.2) is 0 Å². The van der Waals surface area contributed by atoms with Gasteiger partial charge in [0.2, 0.25) is 0 Å². The fourth-order valence-electron chi connectivity index (χ4n) is 1.24. The van der Waals surface area contributed by atoms with Gasteiger partial charge in [-0.1, -0.05) is 0 Å². The molecular weight excluding hydrogens is 204 g/mol. The minimum Gasteiger partial charge on any atom is -0.497 e. The Morgan fingerprint density at radius 2 is 2.12 bits per heavy atom. The summed E-state index contributed by atoms with van der Waals surface area (Å²) < 4.78 is 5.07. The molecule has 1 aromatic carbocycles. The second-order valence-electron chi connectivity index (χ2n) is 3.69. The molecular formula is C12H16N2O2. The van der Waals surface area contributed by atoms with Crippen LogP contribution >= 0.6 is 0 Å². The molecule has 0 radical (unpaired) electrons. The van der Waals surface area contributed by atoms with Crippen molar-refractivity contribution < 1.29 is 9.53 Å². The molecule has 16 heavy (non-hydrogen) atoms. The molecule has 0 bridgehead atoms. The van der Waals surface area contributed by atoms with E-state index in [-0.39, 0.29) is 5.91 Å². The standard InChI is InChI=1S/C12H16N2O2/c1-9-7-10(16-4)5-6-11(9)12(15)13-8-14(2)3/h5-8H,1-4H3/b13-8+. The van der Waals surface area contributed by atoms with E-state index in [0.29, 0.717) is 5.56 Å². The molecule has 0 aromatic heterocycles. The van der Waals surface area contributed by atoms with Crippen LogP contribution in [0.3, 0.4) is 0 Å². The number of benzene rings is 1. The van der Waals surface area contributed by atoms with Gasteiger partial charge in [-0.2, -0.15) is 4.99 Å². The van der Waals surface area contributed by atoms with Gasteiger partial charge in [-0.05, 0) is 30.7 Å². The summed E-state index contributed by atoms with van der Waals surface area (Å²) in [4.78, 5) is 17.3. The summed E-state index contributed by atoms with van der Waals surface area (Å²) in [6, 6.07) is 5.30. The number of aryl methyl sites for hydroxylation is 1. The van der Waals surface area contributed by atoms with Crippen LogP contribution in [0.5, 0.6) is 5.75 Å². The van der Waals surface area contributed by atoms with Gasteiger partial charge >= 0.3 is 0 Å². The highest BCUT2D eigenvalue weighted by molar-refractivity contribution is 5.99. The van der Waals surface area contributed by atoms with Gasteiger partial charge in [0, 0.05) is 19.7 Å². The summed E-state index contributed by atoms with van der Waals surface area (Å²) in [6.07, 6.45) is 1.49. The molecule has 0 heterocycles. The van der Waals surface area contributed by atoms with Crippen LogP contribution in [0.4, 0.5) is 0 Å². The summed E-state index contributed by atoms with van der Waals surface area (Å²) in [5, 5.41) is 0. The van der Waals surface area contributed by atoms with Crippen molar-refractivity contribution in [1.29, 1.82) is 0 Å². The van der Waals surface area contributed by atoms with Crippen molar-refractivity contribution in [2.24, 2.45) is 4.99 Å². The van der Waals surface area contributed by atoms with Crippen LogP contribution in [-0.2, 0) is 0 Å². The molecule has 0 saturated carbocycles. The van der Waals surface area contributed by atoms with Gasteiger partial charge in [-0.3, -0.25) is 4.79 Å². The fourth-order valence-corrected chi connectivity index (χ4v) is 1.24. The number of nitrogens with zero attached hydrogens (tertiary/aromatic N) is 2. The molecule has 0 spiro atoms. The molecule has 4 heteroatoms. The minimum absolute atomic E-state index is 0.242. The van der Waals surface area contributed by atoms with Crippen LogP contribution in [0.25, 0.3) is 0 Å². The van der Waals surface area contributed by atoms with Gasteiger partial charge in [-0.25, -0.2) is 0 Å². The Balaban J connectivity index is 2.92. The smallest absolute Gasteiger partial charge is 0.278 e. The first kappa shape index (κ1) is 12.2. The number of methoxy groups -OCH3 is 1. The molecule has 0 aliphatic rings. The van der Waals surface area contributed by atoms with Gasteiger partial charge in [0.05, 0.1) is 13.4 Å². The third kappa shape index (κ3) is 3.08. The monoisotopic (exact) mass is 220 g/mol. The fraction of sp³-hybridized carbons (Fsp3) is 0.333. The van der Waals surface area contributed by atoms with Crippen LogP contribution in [0.2, 0.25) is 0 Å². The predicted octanol–water partition coefficient (Wildman–Crippen LogP) is 1.73. The second kappa shape index (κ2) is 5.30. The maximum absolute atomic E-state index is 11.7. The van der Waals surface area contributed by atoms with E-state index < -0.39 is 0 Å². The summed E-state index contributed by atoms with van der Waals surface area (Å²) in [5.74, 6) is 0.500. The third-order valence-corrected chi connectivity index (χ3v) is 2.07. The lowest BCUT2D eigenvalue weighted by atomic mass is 10.1. The maximum atomic E-state index is 11.7. The average Bonchev–Trinajstić information content (AvgIpc) is 2.25. The van der Waals surface area contributed by atoms with Crippen molar-refractivity contribution in [2.75, 3.05) is 21.2 Å². The number of ether oxygens (including phenoxy) is 1. The third-order valence-electron chi connectivity index (χ3n) is 2.07. The lowest BCUT2D eigenvalue weighted by molar-refractivity contribution is 0.100. The van der Waals surface area contributed by atoms with Gasteiger partial charge in [0.25, 0.3) is 5.91 Å². The first-order chi connectivity index (χ1) is 7.54. The molecule has 86 valence electrons. The van der Waals surface area contributed by atoms with Crippen molar-refractivity contribution in [3.05, 3.63) is 29.3 Å². The Hall–Kier alpha value is -1.84. The second-order valence-corrected chi connectivity index (χ2v) is 3.69. The van der Waals surface area contributed by atoms with E-state index in [9.17, 15) is 4.79 Å². The Kier molecular flexibility index (Phi) is 4.05. The molecule has 0 aliphatic heterocycles. The molecule has 0 N–H and O–H groups in total. The number of carbonyl (C=O) groups excluding carboxylic acids is 1. The van der Waals surface area contributed by atoms with Crippen molar-refractivity contribution in [1.82, 2.24) is 4.90 Å². The minimum atomic E-state index is -0.242. The first-order valence-corrected chi connectivity index (χ1v) is 4.94. The molecule has 1 aromatic rings. The largest absolute Gasteiger partial charge is 0.497 e. The summed E-state index contributed by atoms with van der Waals surface area (Å²) in [6.45, 7) is 1.86. The van der Waals surface area contributed by atoms with Crippen molar-refractivity contribution in [2.45, 2.75) is 6.92 Å². The Morgan fingerprint density at radius 1 is 1.44 bits per heavy atom. The lowest BCUT2D eigenvalue weighted by Crippen LogP contribution is -2.10. The van der Waals surface area contributed by atoms with Crippen LogP contribution in [0.1, 0.15) is 15.9 Å². The number of aliphatic imine (C=N–C) groups is 1. The number of rotatable bonds is 3. The average molecular weight is 220 g/mol. The van der Waals surface area contributed by atoms with Gasteiger partial charge in [0.1, 0.15) is 5.75 Å². The van der Waals surface area contributed by atoms with E-state index in [1.807, 2.05) is 27.1 Å². The Bertz CT molecular complexity index is 411. The van der Waals surface area contributed by atoms with Crippen LogP contribution in [-0.4, -0.2) is 38.4 Å². The van der Waals surface area contributed by atoms with E-state index in [2.05, 4.69) is 4.99 Å². The van der Waals surface area contributed by atoms with Crippen molar-refractivity contribution in [3.63, 3.8) is 0 Å². The highest BCUT2D eigenvalue weighted by Gasteiger charge is 2.07. The quantitative estimate of drug-likeness (QED) is 0.575. The van der Waals surface area contributed by atoms with E-state index in [1.165, 1.54) is 6.34 Å². The highest BCUT2D eigenvalue weighted by atomic mass is 16.5. The van der Waals surface area contributed by atoms with Crippen LogP contribution in [0, 0.1) is 6.92 Å². The molecule has 1 amide bonds. The van der Waals surface area contributed by atoms with Crippen LogP contribution < -0.4 is 4.74 Å². The molecule has 0 fully saturated rings. The number of hydrogen-bond donors (Lipinski definition) is 0. The summed E-state index contributed by atoms with van der Waals surface area (Å²) in [5.41, 5.74) is 1.46. The lowest BCUT2D eigenvalue weighted by Gasteiger charge is -2.05. The number of hydrogen-bond acceptors (Lipinski definition) is 2. The Labute approximate surface area is 95.6 Å². The number of amides is 1. The highest BCUT2D eigenvalue weighted by Crippen LogP contribution is 2.17. The summed E-state index contributed by atoms with van der Waals surface area (Å²) in [7, 11) is 5.23. The zero-order valence-corrected chi connectivity index (χ0v) is 10.0. The van der Waals surface area contributed by atoms with Crippen molar-refractivity contribution >= 4 is 12.2 Å². The molecule has 4 nitrogen and oxygen atoms in total. The van der Waals surface area contributed by atoms with Gasteiger partial charge in [-0.15, -0.1) is 0 Å². The van der Waals surface area contributed by atoms with Gasteiger partial charge < -0.3 is 9.64 Å². The topological polar surface area (TPSA) is 41.9 Å². The van der Waals surface area contributed by atoms with E-state index in [0.717, 1.165) is 11.3 Å². The van der Waals surface area contributed by atoms with Crippen LogP contribution in [0.15, 0.2) is 23.2 Å².